The number of nitrogens with zero attached hydrogens (tertiary/aromatic N) is 2. The zero-order valence-electron chi connectivity index (χ0n) is 11.1. The SMILES string of the molecule is Clc1ccc(Br)cc1-n1ccnc1NC1CCCCC1. The maximum Gasteiger partial charge on any atom is 0.207 e. The Morgan fingerprint density at radius 2 is 2.05 bits per heavy atom. The highest BCUT2D eigenvalue weighted by Gasteiger charge is 2.16. The van der Waals surface area contributed by atoms with E-state index in [2.05, 4.69) is 26.2 Å². The largest absolute Gasteiger partial charge is 0.353 e. The van der Waals surface area contributed by atoms with Gasteiger partial charge in [-0.05, 0) is 31.0 Å². The van der Waals surface area contributed by atoms with Gasteiger partial charge in [0.15, 0.2) is 0 Å². The lowest BCUT2D eigenvalue weighted by molar-refractivity contribution is 0.460. The summed E-state index contributed by atoms with van der Waals surface area (Å²) in [6, 6.07) is 6.37. The molecule has 3 nitrogen and oxygen atoms in total. The van der Waals surface area contributed by atoms with E-state index in [1.54, 1.807) is 0 Å². The van der Waals surface area contributed by atoms with Crippen LogP contribution in [0.3, 0.4) is 0 Å². The molecule has 2 aromatic rings. The molecule has 1 saturated carbocycles. The van der Waals surface area contributed by atoms with Gasteiger partial charge in [0.05, 0.1) is 10.7 Å². The average molecular weight is 355 g/mol. The normalized spacial score (nSPS) is 16.3. The summed E-state index contributed by atoms with van der Waals surface area (Å²) in [5.74, 6) is 0.872. The van der Waals surface area contributed by atoms with E-state index >= 15 is 0 Å². The second kappa shape index (κ2) is 6.19. The number of hydrogen-bond donors (Lipinski definition) is 1. The Hall–Kier alpha value is -1.00. The average Bonchev–Trinajstić information content (AvgIpc) is 2.91. The van der Waals surface area contributed by atoms with Crippen LogP contribution in [0.4, 0.5) is 5.95 Å². The van der Waals surface area contributed by atoms with Crippen molar-refractivity contribution in [1.29, 1.82) is 0 Å². The Labute approximate surface area is 132 Å². The number of nitrogens with one attached hydrogen (secondary N) is 1. The number of halogens is 2. The van der Waals surface area contributed by atoms with Gasteiger partial charge in [0.1, 0.15) is 0 Å². The van der Waals surface area contributed by atoms with Crippen molar-refractivity contribution in [2.24, 2.45) is 0 Å². The molecule has 0 unspecified atom stereocenters. The summed E-state index contributed by atoms with van der Waals surface area (Å²) in [6.07, 6.45) is 10.1. The summed E-state index contributed by atoms with van der Waals surface area (Å²) in [5.41, 5.74) is 0.942. The first kappa shape index (κ1) is 14.0. The number of rotatable bonds is 3. The smallest absolute Gasteiger partial charge is 0.207 e. The van der Waals surface area contributed by atoms with Crippen molar-refractivity contribution in [3.05, 3.63) is 40.1 Å². The molecule has 5 heteroatoms. The fraction of sp³-hybridized carbons (Fsp3) is 0.400. The van der Waals surface area contributed by atoms with E-state index in [1.165, 1.54) is 32.1 Å². The van der Waals surface area contributed by atoms with Gasteiger partial charge in [-0.15, -0.1) is 0 Å². The van der Waals surface area contributed by atoms with Gasteiger partial charge in [-0.25, -0.2) is 4.98 Å². The van der Waals surface area contributed by atoms with Crippen molar-refractivity contribution in [2.45, 2.75) is 38.1 Å². The van der Waals surface area contributed by atoms with Crippen LogP contribution in [0.1, 0.15) is 32.1 Å². The number of anilines is 1. The third-order valence-corrected chi connectivity index (χ3v) is 4.56. The minimum absolute atomic E-state index is 0.524. The third-order valence-electron chi connectivity index (χ3n) is 3.75. The predicted molar refractivity (Wildman–Crippen MR) is 86.8 cm³/mol. The molecule has 106 valence electrons. The Morgan fingerprint density at radius 1 is 1.25 bits per heavy atom. The quantitative estimate of drug-likeness (QED) is 0.837. The first-order valence-electron chi connectivity index (χ1n) is 6.99. The standard InChI is InChI=1S/C15H17BrClN3/c16-11-6-7-13(17)14(10-11)20-9-8-18-15(20)19-12-4-2-1-3-5-12/h6-10,12H,1-5H2,(H,18,19). The Balaban J connectivity index is 1.87. The molecule has 0 saturated heterocycles. The highest BCUT2D eigenvalue weighted by Crippen LogP contribution is 2.28. The van der Waals surface area contributed by atoms with Crippen LogP contribution >= 0.6 is 27.5 Å². The van der Waals surface area contributed by atoms with E-state index in [-0.39, 0.29) is 0 Å². The Bertz CT molecular complexity index is 591. The molecule has 1 aromatic heterocycles. The first-order valence-corrected chi connectivity index (χ1v) is 8.16. The van der Waals surface area contributed by atoms with Crippen LogP contribution in [0, 0.1) is 0 Å². The van der Waals surface area contributed by atoms with Gasteiger partial charge in [-0.3, -0.25) is 4.57 Å². The van der Waals surface area contributed by atoms with Gasteiger partial charge in [0, 0.05) is 22.9 Å². The fourth-order valence-electron chi connectivity index (χ4n) is 2.70. The van der Waals surface area contributed by atoms with E-state index in [1.807, 2.05) is 35.2 Å². The van der Waals surface area contributed by atoms with Gasteiger partial charge in [-0.2, -0.15) is 0 Å². The molecule has 1 N–H and O–H groups in total. The lowest BCUT2D eigenvalue weighted by Gasteiger charge is -2.23. The summed E-state index contributed by atoms with van der Waals surface area (Å²) in [5, 5.41) is 4.27. The zero-order chi connectivity index (χ0) is 13.9. The lowest BCUT2D eigenvalue weighted by Crippen LogP contribution is -2.24. The van der Waals surface area contributed by atoms with Crippen LogP contribution in [-0.2, 0) is 0 Å². The van der Waals surface area contributed by atoms with E-state index in [0.717, 1.165) is 21.1 Å². The molecule has 0 amide bonds. The van der Waals surface area contributed by atoms with Gasteiger partial charge in [0.2, 0.25) is 5.95 Å². The van der Waals surface area contributed by atoms with Crippen molar-refractivity contribution in [1.82, 2.24) is 9.55 Å². The summed E-state index contributed by atoms with van der Waals surface area (Å²) < 4.78 is 3.02. The van der Waals surface area contributed by atoms with Crippen molar-refractivity contribution in [2.75, 3.05) is 5.32 Å². The topological polar surface area (TPSA) is 29.9 Å². The fourth-order valence-corrected chi connectivity index (χ4v) is 3.26. The van der Waals surface area contributed by atoms with E-state index in [9.17, 15) is 0 Å². The van der Waals surface area contributed by atoms with Crippen molar-refractivity contribution < 1.29 is 0 Å². The maximum absolute atomic E-state index is 6.31. The number of benzene rings is 1. The van der Waals surface area contributed by atoms with Crippen LogP contribution in [0.5, 0.6) is 0 Å². The van der Waals surface area contributed by atoms with Crippen molar-refractivity contribution >= 4 is 33.5 Å². The maximum atomic E-state index is 6.31. The molecule has 0 radical (unpaired) electrons. The zero-order valence-corrected chi connectivity index (χ0v) is 13.5. The van der Waals surface area contributed by atoms with Crippen molar-refractivity contribution in [3.8, 4) is 5.69 Å². The molecule has 0 atom stereocenters. The van der Waals surface area contributed by atoms with Crippen LogP contribution in [0.15, 0.2) is 35.1 Å². The molecule has 0 bridgehead atoms. The number of imidazole rings is 1. The number of aromatic nitrogens is 2. The molecule has 0 aliphatic heterocycles. The molecule has 1 heterocycles. The van der Waals surface area contributed by atoms with Crippen molar-refractivity contribution in [3.63, 3.8) is 0 Å². The second-order valence-electron chi connectivity index (χ2n) is 5.20. The molecule has 20 heavy (non-hydrogen) atoms. The summed E-state index contributed by atoms with van der Waals surface area (Å²) >= 11 is 9.80. The molecule has 0 spiro atoms. The van der Waals surface area contributed by atoms with Crippen LogP contribution in [0.2, 0.25) is 5.02 Å². The Morgan fingerprint density at radius 3 is 2.85 bits per heavy atom. The van der Waals surface area contributed by atoms with Gasteiger partial charge in [-0.1, -0.05) is 46.8 Å². The lowest BCUT2D eigenvalue weighted by atomic mass is 9.96. The molecule has 3 rings (SSSR count). The van der Waals surface area contributed by atoms with Crippen LogP contribution < -0.4 is 5.32 Å². The monoisotopic (exact) mass is 353 g/mol. The van der Waals surface area contributed by atoms with E-state index in [4.69, 9.17) is 11.6 Å². The Kier molecular flexibility index (Phi) is 4.32. The molecule has 1 fully saturated rings. The third kappa shape index (κ3) is 3.01. The van der Waals surface area contributed by atoms with E-state index in [0.29, 0.717) is 6.04 Å². The second-order valence-corrected chi connectivity index (χ2v) is 6.52. The molecular weight excluding hydrogens is 338 g/mol. The first-order chi connectivity index (χ1) is 9.74. The number of hydrogen-bond acceptors (Lipinski definition) is 2. The van der Waals surface area contributed by atoms with Gasteiger partial charge >= 0.3 is 0 Å². The summed E-state index contributed by atoms with van der Waals surface area (Å²) in [7, 11) is 0. The predicted octanol–water partition coefficient (Wildman–Crippen LogP) is 5.03. The minimum atomic E-state index is 0.524. The van der Waals surface area contributed by atoms with E-state index < -0.39 is 0 Å². The minimum Gasteiger partial charge on any atom is -0.353 e. The summed E-state index contributed by atoms with van der Waals surface area (Å²) in [4.78, 5) is 4.44. The summed E-state index contributed by atoms with van der Waals surface area (Å²) in [6.45, 7) is 0. The van der Waals surface area contributed by atoms with Gasteiger partial charge in [0.25, 0.3) is 0 Å². The molecule has 1 aromatic carbocycles. The molecule has 1 aliphatic carbocycles. The van der Waals surface area contributed by atoms with Crippen LogP contribution in [-0.4, -0.2) is 15.6 Å². The molecule has 1 aliphatic rings. The van der Waals surface area contributed by atoms with Gasteiger partial charge < -0.3 is 5.32 Å². The molecular formula is C15H17BrClN3. The highest BCUT2D eigenvalue weighted by molar-refractivity contribution is 9.10. The highest BCUT2D eigenvalue weighted by atomic mass is 79.9. The van der Waals surface area contributed by atoms with Crippen LogP contribution in [0.25, 0.3) is 5.69 Å².